The molecule has 3 nitrogen and oxygen atoms in total. The number of hydrogen-bond donors (Lipinski definition) is 2. The molecule has 6 heteroatoms. The van der Waals surface area contributed by atoms with Crippen LogP contribution in [-0.4, -0.2) is 25.9 Å². The van der Waals surface area contributed by atoms with Gasteiger partial charge in [0.15, 0.2) is 0 Å². The maximum Gasteiger partial charge on any atom is 0.390 e. The zero-order chi connectivity index (χ0) is 11.2. The Morgan fingerprint density at radius 1 is 1.43 bits per heavy atom. The number of rotatable bonds is 6. The van der Waals surface area contributed by atoms with Gasteiger partial charge >= 0.3 is 6.18 Å². The highest BCUT2D eigenvalue weighted by molar-refractivity contribution is 4.74. The molecule has 0 saturated heterocycles. The first-order chi connectivity index (χ1) is 6.40. The lowest BCUT2D eigenvalue weighted by molar-refractivity contribution is -0.143. The average Bonchev–Trinajstić information content (AvgIpc) is 2.08. The lowest BCUT2D eigenvalue weighted by atomic mass is 9.96. The first-order valence-electron chi connectivity index (χ1n) is 4.42. The summed E-state index contributed by atoms with van der Waals surface area (Å²) < 4.78 is 40.9. The number of halogens is 3. The molecule has 0 saturated carbocycles. The van der Waals surface area contributed by atoms with E-state index in [4.69, 9.17) is 10.6 Å². The third-order valence-electron chi connectivity index (χ3n) is 2.13. The van der Waals surface area contributed by atoms with E-state index < -0.39 is 18.6 Å². The largest absolute Gasteiger partial charge is 0.390 e. The third kappa shape index (κ3) is 6.17. The van der Waals surface area contributed by atoms with Gasteiger partial charge in [-0.2, -0.15) is 13.2 Å². The molecule has 0 heterocycles. The summed E-state index contributed by atoms with van der Waals surface area (Å²) in [5.41, 5.74) is 2.19. The van der Waals surface area contributed by atoms with Gasteiger partial charge in [0, 0.05) is 19.8 Å². The minimum atomic E-state index is -4.18. The Bertz CT molecular complexity index is 152. The van der Waals surface area contributed by atoms with Gasteiger partial charge in [-0.3, -0.25) is 11.3 Å². The molecular weight excluding hydrogens is 197 g/mol. The Balaban J connectivity index is 3.99. The number of ether oxygens (including phenoxy) is 1. The maximum absolute atomic E-state index is 12.0. The maximum atomic E-state index is 12.0. The summed E-state index contributed by atoms with van der Waals surface area (Å²) in [6, 6.07) is -0.745. The van der Waals surface area contributed by atoms with E-state index in [0.717, 1.165) is 0 Å². The van der Waals surface area contributed by atoms with E-state index in [1.54, 1.807) is 6.92 Å². The Hall–Kier alpha value is -0.330. The van der Waals surface area contributed by atoms with Crippen LogP contribution in [0, 0.1) is 5.92 Å². The molecule has 0 aromatic carbocycles. The van der Waals surface area contributed by atoms with Gasteiger partial charge in [-0.15, -0.1) is 0 Å². The molecule has 0 aliphatic carbocycles. The van der Waals surface area contributed by atoms with Gasteiger partial charge in [0.2, 0.25) is 0 Å². The minimum Gasteiger partial charge on any atom is -0.385 e. The molecule has 2 unspecified atom stereocenters. The fourth-order valence-electron chi connectivity index (χ4n) is 1.18. The van der Waals surface area contributed by atoms with Crippen LogP contribution in [-0.2, 0) is 4.74 Å². The van der Waals surface area contributed by atoms with Crippen LogP contribution < -0.4 is 11.3 Å². The summed E-state index contributed by atoms with van der Waals surface area (Å²) in [6.07, 6.45) is -4.53. The van der Waals surface area contributed by atoms with E-state index >= 15 is 0 Å². The third-order valence-corrected chi connectivity index (χ3v) is 2.13. The van der Waals surface area contributed by atoms with E-state index in [9.17, 15) is 13.2 Å². The van der Waals surface area contributed by atoms with Gasteiger partial charge in [0.05, 0.1) is 6.42 Å². The monoisotopic (exact) mass is 214 g/mol. The van der Waals surface area contributed by atoms with Crippen molar-refractivity contribution in [1.29, 1.82) is 0 Å². The van der Waals surface area contributed by atoms with Crippen LogP contribution in [0.5, 0.6) is 0 Å². The molecule has 0 aliphatic heterocycles. The summed E-state index contributed by atoms with van der Waals surface area (Å²) in [5, 5.41) is 0. The van der Waals surface area contributed by atoms with Crippen molar-refractivity contribution in [3.8, 4) is 0 Å². The van der Waals surface area contributed by atoms with Crippen molar-refractivity contribution >= 4 is 0 Å². The molecule has 2 atom stereocenters. The van der Waals surface area contributed by atoms with Crippen molar-refractivity contribution in [2.24, 2.45) is 11.8 Å². The van der Waals surface area contributed by atoms with Crippen LogP contribution in [0.15, 0.2) is 0 Å². The van der Waals surface area contributed by atoms with Gasteiger partial charge in [-0.05, 0) is 12.3 Å². The van der Waals surface area contributed by atoms with Gasteiger partial charge in [-0.25, -0.2) is 0 Å². The van der Waals surface area contributed by atoms with Crippen molar-refractivity contribution in [2.75, 3.05) is 13.7 Å². The van der Waals surface area contributed by atoms with Crippen LogP contribution in [0.25, 0.3) is 0 Å². The normalized spacial score (nSPS) is 16.7. The van der Waals surface area contributed by atoms with E-state index in [0.29, 0.717) is 13.0 Å². The molecule has 0 fully saturated rings. The highest BCUT2D eigenvalue weighted by atomic mass is 19.4. The second kappa shape index (κ2) is 6.21. The molecule has 0 aromatic rings. The number of nitrogens with two attached hydrogens (primary N) is 1. The summed E-state index contributed by atoms with van der Waals surface area (Å²) in [6.45, 7) is 2.16. The average molecular weight is 214 g/mol. The second-order valence-corrected chi connectivity index (χ2v) is 3.35. The first kappa shape index (κ1) is 13.7. The molecule has 0 spiro atoms. The van der Waals surface area contributed by atoms with E-state index in [1.165, 1.54) is 7.11 Å². The van der Waals surface area contributed by atoms with Gasteiger partial charge in [-0.1, -0.05) is 6.92 Å². The lowest BCUT2D eigenvalue weighted by Crippen LogP contribution is -2.43. The van der Waals surface area contributed by atoms with Gasteiger partial charge in [0.25, 0.3) is 0 Å². The number of hydrazine groups is 1. The fraction of sp³-hybridized carbons (Fsp3) is 1.00. The van der Waals surface area contributed by atoms with Crippen molar-refractivity contribution in [3.63, 3.8) is 0 Å². The topological polar surface area (TPSA) is 47.3 Å². The zero-order valence-electron chi connectivity index (χ0n) is 8.40. The van der Waals surface area contributed by atoms with Crippen molar-refractivity contribution in [1.82, 2.24) is 5.43 Å². The molecule has 0 radical (unpaired) electrons. The predicted molar refractivity (Wildman–Crippen MR) is 47.4 cm³/mol. The number of alkyl halides is 3. The van der Waals surface area contributed by atoms with E-state index in [-0.39, 0.29) is 5.92 Å². The van der Waals surface area contributed by atoms with Crippen LogP contribution in [0.3, 0.4) is 0 Å². The Labute approximate surface area is 81.8 Å². The number of nitrogens with one attached hydrogen (secondary N) is 1. The molecule has 14 heavy (non-hydrogen) atoms. The van der Waals surface area contributed by atoms with Crippen LogP contribution in [0.4, 0.5) is 13.2 Å². The second-order valence-electron chi connectivity index (χ2n) is 3.35. The standard InChI is InChI=1S/C8H17F3N2O/c1-6(3-4-14-2)7(13-12)5-8(9,10)11/h6-7,13H,3-5,12H2,1-2H3. The Morgan fingerprint density at radius 3 is 2.36 bits per heavy atom. The molecule has 0 rings (SSSR count). The number of methoxy groups -OCH3 is 1. The zero-order valence-corrected chi connectivity index (χ0v) is 8.40. The molecular formula is C8H17F3N2O. The van der Waals surface area contributed by atoms with Crippen molar-refractivity contribution in [2.45, 2.75) is 32.0 Å². The highest BCUT2D eigenvalue weighted by Crippen LogP contribution is 2.25. The van der Waals surface area contributed by atoms with E-state index in [1.807, 2.05) is 0 Å². The lowest BCUT2D eigenvalue weighted by Gasteiger charge is -2.23. The minimum absolute atomic E-state index is 0.165. The molecule has 0 aliphatic rings. The van der Waals surface area contributed by atoms with E-state index in [2.05, 4.69) is 5.43 Å². The smallest absolute Gasteiger partial charge is 0.385 e. The van der Waals surface area contributed by atoms with Gasteiger partial charge in [0.1, 0.15) is 0 Å². The first-order valence-corrected chi connectivity index (χ1v) is 4.42. The van der Waals surface area contributed by atoms with Crippen LogP contribution >= 0.6 is 0 Å². The Morgan fingerprint density at radius 2 is 2.00 bits per heavy atom. The fourth-order valence-corrected chi connectivity index (χ4v) is 1.18. The van der Waals surface area contributed by atoms with Crippen LogP contribution in [0.1, 0.15) is 19.8 Å². The SMILES string of the molecule is COCCC(C)C(CC(F)(F)F)NN. The molecule has 86 valence electrons. The number of hydrogen-bond acceptors (Lipinski definition) is 3. The van der Waals surface area contributed by atoms with Crippen molar-refractivity contribution < 1.29 is 17.9 Å². The quantitative estimate of drug-likeness (QED) is 0.519. The highest BCUT2D eigenvalue weighted by Gasteiger charge is 2.33. The molecule has 0 aromatic heterocycles. The summed E-state index contributed by atoms with van der Waals surface area (Å²) in [5.74, 6) is 4.90. The van der Waals surface area contributed by atoms with Gasteiger partial charge < -0.3 is 4.74 Å². The Kier molecular flexibility index (Phi) is 6.06. The van der Waals surface area contributed by atoms with Crippen molar-refractivity contribution in [3.05, 3.63) is 0 Å². The summed E-state index contributed by atoms with van der Waals surface area (Å²) >= 11 is 0. The molecule has 0 bridgehead atoms. The van der Waals surface area contributed by atoms with Crippen LogP contribution in [0.2, 0.25) is 0 Å². The molecule has 3 N–H and O–H groups in total. The summed E-state index contributed by atoms with van der Waals surface area (Å²) in [4.78, 5) is 0. The predicted octanol–water partition coefficient (Wildman–Crippen LogP) is 1.44. The summed E-state index contributed by atoms with van der Waals surface area (Å²) in [7, 11) is 1.52. The molecule has 0 amide bonds.